The van der Waals surface area contributed by atoms with E-state index in [-0.39, 0.29) is 48.7 Å². The molecule has 0 aliphatic rings. The summed E-state index contributed by atoms with van der Waals surface area (Å²) >= 11 is 1.56. The van der Waals surface area contributed by atoms with Gasteiger partial charge < -0.3 is 35.3 Å². The van der Waals surface area contributed by atoms with Crippen LogP contribution in [0.1, 0.15) is 72.0 Å². The van der Waals surface area contributed by atoms with Crippen molar-refractivity contribution in [2.45, 2.75) is 78.0 Å². The van der Waals surface area contributed by atoms with E-state index in [1.807, 2.05) is 20.1 Å². The minimum absolute atomic E-state index is 0.0327. The fraction of sp³-hybridized carbons (Fsp3) is 0.643. The standard InChI is InChI=1S/C28H45N3O8S/c1-8-18(2)25(31-24(34)10-9-14-29-27(36)39-28(3,4)5)26(35)38-21-12-11-19(16-22(21)37-6)20(32)17-30-23(33)13-15-40-7/h11-12,16,18,20,25,32H,8-10,13-15,17H2,1-7H3,(H,29,36)(H,30,33)(H,31,34)/t18-,20?,25-/m0/s1. The average Bonchev–Trinajstić information content (AvgIpc) is 2.90. The fourth-order valence-corrected chi connectivity index (χ4v) is 3.82. The summed E-state index contributed by atoms with van der Waals surface area (Å²) in [4.78, 5) is 49.2. The van der Waals surface area contributed by atoms with Crippen molar-refractivity contribution >= 4 is 35.6 Å². The number of benzene rings is 1. The highest BCUT2D eigenvalue weighted by Crippen LogP contribution is 2.31. The van der Waals surface area contributed by atoms with Crippen LogP contribution in [0.3, 0.4) is 0 Å². The number of esters is 1. The molecule has 0 fully saturated rings. The smallest absolute Gasteiger partial charge is 0.407 e. The molecule has 0 aromatic heterocycles. The maximum atomic E-state index is 13.1. The van der Waals surface area contributed by atoms with E-state index >= 15 is 0 Å². The number of hydrogen-bond acceptors (Lipinski definition) is 9. The summed E-state index contributed by atoms with van der Waals surface area (Å²) in [6.45, 7) is 9.30. The van der Waals surface area contributed by atoms with E-state index in [1.54, 1.807) is 38.6 Å². The molecule has 4 N–H and O–H groups in total. The molecule has 11 nitrogen and oxygen atoms in total. The zero-order chi connectivity index (χ0) is 30.3. The van der Waals surface area contributed by atoms with Crippen molar-refractivity contribution in [3.8, 4) is 11.5 Å². The molecule has 0 bridgehead atoms. The number of nitrogens with one attached hydrogen (secondary N) is 3. The maximum Gasteiger partial charge on any atom is 0.407 e. The zero-order valence-electron chi connectivity index (χ0n) is 24.6. The Labute approximate surface area is 241 Å². The molecule has 0 aliphatic heterocycles. The van der Waals surface area contributed by atoms with Crippen molar-refractivity contribution in [1.82, 2.24) is 16.0 Å². The Bertz CT molecular complexity index is 983. The van der Waals surface area contributed by atoms with Crippen LogP contribution < -0.4 is 25.4 Å². The number of ether oxygens (including phenoxy) is 3. The summed E-state index contributed by atoms with van der Waals surface area (Å²) in [5.41, 5.74) is -0.132. The normalized spacial score (nSPS) is 13.4. The molecule has 3 amide bonds. The van der Waals surface area contributed by atoms with Crippen molar-refractivity contribution in [1.29, 1.82) is 0 Å². The second-order valence-corrected chi connectivity index (χ2v) is 11.3. The topological polar surface area (TPSA) is 152 Å². The van der Waals surface area contributed by atoms with Crippen molar-refractivity contribution < 1.29 is 38.5 Å². The average molecular weight is 584 g/mol. The molecule has 0 saturated heterocycles. The van der Waals surface area contributed by atoms with Crippen molar-refractivity contribution in [3.05, 3.63) is 23.8 Å². The first-order valence-electron chi connectivity index (χ1n) is 13.4. The Morgan fingerprint density at radius 2 is 1.75 bits per heavy atom. The van der Waals surface area contributed by atoms with Crippen LogP contribution in [0, 0.1) is 5.92 Å². The molecular formula is C28H45N3O8S. The largest absolute Gasteiger partial charge is 0.493 e. The highest BCUT2D eigenvalue weighted by Gasteiger charge is 2.29. The Morgan fingerprint density at radius 3 is 2.35 bits per heavy atom. The molecule has 12 heteroatoms. The van der Waals surface area contributed by atoms with Gasteiger partial charge in [-0.05, 0) is 57.1 Å². The molecule has 1 rings (SSSR count). The van der Waals surface area contributed by atoms with Gasteiger partial charge in [0.1, 0.15) is 11.6 Å². The Balaban J connectivity index is 2.76. The molecule has 1 unspecified atom stereocenters. The van der Waals surface area contributed by atoms with Crippen LogP contribution in [0.5, 0.6) is 11.5 Å². The molecule has 1 aromatic carbocycles. The number of alkyl carbamates (subject to hydrolysis) is 1. The van der Waals surface area contributed by atoms with Gasteiger partial charge in [0.2, 0.25) is 11.8 Å². The summed E-state index contributed by atoms with van der Waals surface area (Å²) in [5.74, 6) is -0.307. The second-order valence-electron chi connectivity index (χ2n) is 10.4. The number of rotatable bonds is 16. The Morgan fingerprint density at radius 1 is 1.05 bits per heavy atom. The molecule has 0 heterocycles. The minimum atomic E-state index is -0.978. The molecule has 226 valence electrons. The minimum Gasteiger partial charge on any atom is -0.493 e. The third-order valence-corrected chi connectivity index (χ3v) is 6.45. The van der Waals surface area contributed by atoms with Crippen molar-refractivity contribution in [3.63, 3.8) is 0 Å². The van der Waals surface area contributed by atoms with Gasteiger partial charge in [0.15, 0.2) is 11.5 Å². The lowest BCUT2D eigenvalue weighted by molar-refractivity contribution is -0.141. The lowest BCUT2D eigenvalue weighted by atomic mass is 9.99. The molecule has 0 aliphatic carbocycles. The maximum absolute atomic E-state index is 13.1. The van der Waals surface area contributed by atoms with Gasteiger partial charge in [-0.25, -0.2) is 9.59 Å². The van der Waals surface area contributed by atoms with E-state index in [2.05, 4.69) is 16.0 Å². The third kappa shape index (κ3) is 13.4. The number of amides is 3. The van der Waals surface area contributed by atoms with Gasteiger partial charge in [-0.3, -0.25) is 9.59 Å². The van der Waals surface area contributed by atoms with Gasteiger partial charge >= 0.3 is 12.1 Å². The van der Waals surface area contributed by atoms with Gasteiger partial charge in [-0.15, -0.1) is 0 Å². The van der Waals surface area contributed by atoms with E-state index in [1.165, 1.54) is 19.2 Å². The first kappa shape index (κ1) is 35.0. The highest BCUT2D eigenvalue weighted by molar-refractivity contribution is 7.98. The van der Waals surface area contributed by atoms with Crippen LogP contribution in [0.2, 0.25) is 0 Å². The summed E-state index contributed by atoms with van der Waals surface area (Å²) in [6, 6.07) is 3.72. The van der Waals surface area contributed by atoms with E-state index in [0.717, 1.165) is 0 Å². The second kappa shape index (κ2) is 17.6. The first-order valence-corrected chi connectivity index (χ1v) is 14.8. The number of carbonyl (C=O) groups is 4. The molecule has 0 radical (unpaired) electrons. The van der Waals surface area contributed by atoms with Gasteiger partial charge in [-0.1, -0.05) is 26.3 Å². The summed E-state index contributed by atoms with van der Waals surface area (Å²) in [7, 11) is 1.41. The van der Waals surface area contributed by atoms with Gasteiger partial charge in [0.05, 0.1) is 13.2 Å². The van der Waals surface area contributed by atoms with Crippen molar-refractivity contribution in [2.24, 2.45) is 5.92 Å². The zero-order valence-corrected chi connectivity index (χ0v) is 25.4. The molecule has 3 atom stereocenters. The molecular weight excluding hydrogens is 538 g/mol. The van der Waals surface area contributed by atoms with E-state index in [4.69, 9.17) is 14.2 Å². The van der Waals surface area contributed by atoms with E-state index < -0.39 is 29.8 Å². The van der Waals surface area contributed by atoms with E-state index in [0.29, 0.717) is 30.6 Å². The number of carbonyl (C=O) groups excluding carboxylic acids is 4. The number of hydrogen-bond donors (Lipinski definition) is 4. The van der Waals surface area contributed by atoms with Crippen LogP contribution >= 0.6 is 11.8 Å². The van der Waals surface area contributed by atoms with Crippen LogP contribution in [0.15, 0.2) is 18.2 Å². The van der Waals surface area contributed by atoms with Gasteiger partial charge in [0.25, 0.3) is 0 Å². The van der Waals surface area contributed by atoms with Crippen LogP contribution in [0.25, 0.3) is 0 Å². The van der Waals surface area contributed by atoms with Gasteiger partial charge in [0, 0.05) is 31.7 Å². The van der Waals surface area contributed by atoms with Gasteiger partial charge in [-0.2, -0.15) is 11.8 Å². The van der Waals surface area contributed by atoms with Crippen molar-refractivity contribution in [2.75, 3.05) is 32.2 Å². The van der Waals surface area contributed by atoms with Crippen LogP contribution in [0.4, 0.5) is 4.79 Å². The Hall–Kier alpha value is -2.99. The molecule has 0 saturated carbocycles. The SMILES string of the molecule is CC[C@H](C)[C@H](NC(=O)CCCNC(=O)OC(C)(C)C)C(=O)Oc1ccc(C(O)CNC(=O)CCSC)cc1OC. The summed E-state index contributed by atoms with van der Waals surface area (Å²) < 4.78 is 16.1. The monoisotopic (exact) mass is 583 g/mol. The van der Waals surface area contributed by atoms with Crippen LogP contribution in [-0.2, 0) is 19.1 Å². The number of thioether (sulfide) groups is 1. The summed E-state index contributed by atoms with van der Waals surface area (Å²) in [5, 5.41) is 18.5. The Kier molecular flexibility index (Phi) is 15.5. The lowest BCUT2D eigenvalue weighted by Gasteiger charge is -2.23. The lowest BCUT2D eigenvalue weighted by Crippen LogP contribution is -2.47. The number of aliphatic hydroxyl groups is 1. The summed E-state index contributed by atoms with van der Waals surface area (Å²) in [6.07, 6.45) is 1.82. The molecule has 40 heavy (non-hydrogen) atoms. The highest BCUT2D eigenvalue weighted by atomic mass is 32.2. The third-order valence-electron chi connectivity index (χ3n) is 5.84. The quantitative estimate of drug-likeness (QED) is 0.130. The first-order chi connectivity index (χ1) is 18.8. The number of aliphatic hydroxyl groups excluding tert-OH is 1. The predicted octanol–water partition coefficient (Wildman–Crippen LogP) is 3.34. The number of methoxy groups -OCH3 is 1. The van der Waals surface area contributed by atoms with Crippen LogP contribution in [-0.4, -0.2) is 72.8 Å². The fourth-order valence-electron chi connectivity index (χ4n) is 3.43. The molecule has 1 aromatic rings. The molecule has 0 spiro atoms. The predicted molar refractivity (Wildman–Crippen MR) is 154 cm³/mol. The van der Waals surface area contributed by atoms with E-state index in [9.17, 15) is 24.3 Å².